The molecule has 1 amide bonds. The van der Waals surface area contributed by atoms with Crippen LogP contribution in [0.1, 0.15) is 25.0 Å². The number of anilines is 2. The molecule has 2 bridgehead atoms. The molecule has 8 heteroatoms. The average molecular weight is 416 g/mol. The van der Waals surface area contributed by atoms with Gasteiger partial charge in [-0.25, -0.2) is 4.98 Å². The number of carbonyl (C=O) groups is 1. The van der Waals surface area contributed by atoms with E-state index in [4.69, 9.17) is 14.2 Å². The summed E-state index contributed by atoms with van der Waals surface area (Å²) in [5.74, 6) is 0.805. The molecule has 3 aliphatic carbocycles. The molecule has 1 N–H and O–H groups in total. The molecule has 3 saturated carbocycles. The van der Waals surface area contributed by atoms with Crippen LogP contribution in [-0.2, 0) is 14.3 Å². The maximum Gasteiger partial charge on any atom is 0.232 e. The van der Waals surface area contributed by atoms with Crippen LogP contribution < -0.4 is 15.0 Å². The van der Waals surface area contributed by atoms with Crippen LogP contribution in [-0.4, -0.2) is 49.9 Å². The molecule has 0 radical (unpaired) electrons. The Kier molecular flexibility index (Phi) is 4.53. The fraction of sp³-hybridized carbons (Fsp3) is 0.524. The number of aromatic nitrogens is 1. The zero-order valence-electron chi connectivity index (χ0n) is 16.7. The highest BCUT2D eigenvalue weighted by atomic mass is 32.1. The molecule has 1 aromatic heterocycles. The molecule has 1 aliphatic heterocycles. The molecule has 0 spiro atoms. The quantitative estimate of drug-likeness (QED) is 0.777. The van der Waals surface area contributed by atoms with Crippen LogP contribution in [0.3, 0.4) is 0 Å². The molecule has 154 valence electrons. The van der Waals surface area contributed by atoms with Gasteiger partial charge in [-0.05, 0) is 50.5 Å². The van der Waals surface area contributed by atoms with Crippen LogP contribution in [0, 0.1) is 12.3 Å². The van der Waals surface area contributed by atoms with Crippen molar-refractivity contribution in [2.24, 2.45) is 5.41 Å². The van der Waals surface area contributed by atoms with Crippen LogP contribution in [0.4, 0.5) is 10.8 Å². The maximum absolute atomic E-state index is 12.6. The lowest BCUT2D eigenvalue weighted by atomic mass is 9.41. The van der Waals surface area contributed by atoms with Crippen LogP contribution >= 0.6 is 11.3 Å². The number of hydrogen-bond donors (Lipinski definition) is 1. The second-order valence-corrected chi connectivity index (χ2v) is 9.20. The van der Waals surface area contributed by atoms with Gasteiger partial charge in [-0.3, -0.25) is 4.79 Å². The van der Waals surface area contributed by atoms with E-state index < -0.39 is 0 Å². The first kappa shape index (κ1) is 18.8. The highest BCUT2D eigenvalue weighted by Gasteiger charge is 2.72. The van der Waals surface area contributed by atoms with E-state index in [1.54, 1.807) is 7.11 Å². The third-order valence-electron chi connectivity index (χ3n) is 6.29. The van der Waals surface area contributed by atoms with E-state index >= 15 is 0 Å². The Balaban J connectivity index is 1.21. The molecule has 6 rings (SSSR count). The van der Waals surface area contributed by atoms with Gasteiger partial charge in [0.2, 0.25) is 11.0 Å². The van der Waals surface area contributed by atoms with Crippen LogP contribution in [0.2, 0.25) is 0 Å². The second-order valence-electron chi connectivity index (χ2n) is 8.24. The van der Waals surface area contributed by atoms with Crippen molar-refractivity contribution in [1.82, 2.24) is 4.98 Å². The number of methoxy groups -OCH3 is 1. The lowest BCUT2D eigenvalue weighted by Crippen LogP contribution is -2.72. The number of morpholine rings is 1. The Morgan fingerprint density at radius 3 is 2.55 bits per heavy atom. The summed E-state index contributed by atoms with van der Waals surface area (Å²) in [7, 11) is 1.72. The molecule has 4 aliphatic rings. The molecule has 0 atom stereocenters. The summed E-state index contributed by atoms with van der Waals surface area (Å²) in [6.07, 6.45) is 2.43. The highest BCUT2D eigenvalue weighted by molar-refractivity contribution is 7.17. The SMILES string of the molecule is COC12CC(C(=O)Nc3nc(C)c(Oc4ccc(N5CCOCC5)cc4)s3)(C1)C2. The zero-order chi connectivity index (χ0) is 20.1. The molecule has 2 aromatic rings. The van der Waals surface area contributed by atoms with Crippen molar-refractivity contribution >= 4 is 28.1 Å². The first-order chi connectivity index (χ1) is 14.0. The van der Waals surface area contributed by atoms with Crippen molar-refractivity contribution in [3.63, 3.8) is 0 Å². The van der Waals surface area contributed by atoms with Gasteiger partial charge in [0.1, 0.15) is 5.75 Å². The Morgan fingerprint density at radius 2 is 1.90 bits per heavy atom. The Bertz CT molecular complexity index is 901. The lowest BCUT2D eigenvalue weighted by molar-refractivity contribution is -0.260. The Hall–Kier alpha value is -2.16. The van der Waals surface area contributed by atoms with Gasteiger partial charge in [-0.2, -0.15) is 0 Å². The Morgan fingerprint density at radius 1 is 1.21 bits per heavy atom. The van der Waals surface area contributed by atoms with Crippen molar-refractivity contribution in [3.05, 3.63) is 30.0 Å². The summed E-state index contributed by atoms with van der Waals surface area (Å²) in [4.78, 5) is 19.4. The number of nitrogens with zero attached hydrogens (tertiary/aromatic N) is 2. The number of hydrogen-bond acceptors (Lipinski definition) is 7. The number of thiazole rings is 1. The van der Waals surface area contributed by atoms with Gasteiger partial charge >= 0.3 is 0 Å². The number of rotatable bonds is 6. The minimum atomic E-state index is -0.258. The van der Waals surface area contributed by atoms with Gasteiger partial charge in [0.15, 0.2) is 5.13 Å². The molecule has 4 fully saturated rings. The van der Waals surface area contributed by atoms with Gasteiger partial charge in [0, 0.05) is 25.9 Å². The molecule has 2 heterocycles. The van der Waals surface area contributed by atoms with E-state index in [0.29, 0.717) is 10.2 Å². The summed E-state index contributed by atoms with van der Waals surface area (Å²) in [6.45, 7) is 5.24. The molecule has 29 heavy (non-hydrogen) atoms. The van der Waals surface area contributed by atoms with Crippen LogP contribution in [0.5, 0.6) is 10.8 Å². The first-order valence-electron chi connectivity index (χ1n) is 9.96. The van der Waals surface area contributed by atoms with E-state index in [1.165, 1.54) is 17.0 Å². The average Bonchev–Trinajstić information content (AvgIpc) is 3.00. The lowest BCUT2D eigenvalue weighted by Gasteiger charge is -2.67. The predicted molar refractivity (Wildman–Crippen MR) is 111 cm³/mol. The fourth-order valence-electron chi connectivity index (χ4n) is 4.57. The maximum atomic E-state index is 12.6. The third-order valence-corrected chi connectivity index (χ3v) is 7.25. The van der Waals surface area contributed by atoms with Crippen molar-refractivity contribution in [3.8, 4) is 10.8 Å². The summed E-state index contributed by atoms with van der Waals surface area (Å²) in [5, 5.41) is 4.26. The van der Waals surface area contributed by atoms with Crippen molar-refractivity contribution < 1.29 is 19.0 Å². The smallest absolute Gasteiger partial charge is 0.232 e. The highest BCUT2D eigenvalue weighted by Crippen LogP contribution is 2.69. The van der Waals surface area contributed by atoms with Gasteiger partial charge in [0.05, 0.1) is 29.9 Å². The largest absolute Gasteiger partial charge is 0.445 e. The van der Waals surface area contributed by atoms with E-state index in [1.807, 2.05) is 19.1 Å². The molecule has 1 saturated heterocycles. The third kappa shape index (κ3) is 3.29. The van der Waals surface area contributed by atoms with Gasteiger partial charge in [0.25, 0.3) is 0 Å². The number of ether oxygens (including phenoxy) is 3. The van der Waals surface area contributed by atoms with E-state index in [0.717, 1.165) is 57.0 Å². The second kappa shape index (κ2) is 6.97. The molecule has 0 unspecified atom stereocenters. The zero-order valence-corrected chi connectivity index (χ0v) is 17.5. The number of nitrogens with one attached hydrogen (secondary N) is 1. The predicted octanol–water partition coefficient (Wildman–Crippen LogP) is 3.59. The molecule has 7 nitrogen and oxygen atoms in total. The Labute approximate surface area is 174 Å². The molecule has 1 aromatic carbocycles. The van der Waals surface area contributed by atoms with Gasteiger partial charge < -0.3 is 24.4 Å². The minimum absolute atomic E-state index is 0.0439. The molecular formula is C21H25N3O4S. The van der Waals surface area contributed by atoms with Gasteiger partial charge in [-0.15, -0.1) is 0 Å². The van der Waals surface area contributed by atoms with Gasteiger partial charge in [-0.1, -0.05) is 11.3 Å². The van der Waals surface area contributed by atoms with Crippen molar-refractivity contribution in [2.75, 3.05) is 43.6 Å². The van der Waals surface area contributed by atoms with E-state index in [9.17, 15) is 4.79 Å². The number of carbonyl (C=O) groups excluding carboxylic acids is 1. The van der Waals surface area contributed by atoms with E-state index in [-0.39, 0.29) is 16.9 Å². The minimum Gasteiger partial charge on any atom is -0.445 e. The van der Waals surface area contributed by atoms with Crippen LogP contribution in [0.25, 0.3) is 0 Å². The number of benzene rings is 1. The summed E-state index contributed by atoms with van der Waals surface area (Å²) in [5.41, 5.74) is 1.64. The van der Waals surface area contributed by atoms with Crippen LogP contribution in [0.15, 0.2) is 24.3 Å². The summed E-state index contributed by atoms with van der Waals surface area (Å²) in [6, 6.07) is 8.06. The standard InChI is InChI=1S/C21H25N3O4S/c1-14-17(28-16-5-3-15(4-6-16)24-7-9-27-10-8-24)29-19(22-14)23-18(25)20-11-21(12-20,13-20)26-2/h3-6H,7-13H2,1-2H3,(H,22,23,25). The fourth-order valence-corrected chi connectivity index (χ4v) is 5.40. The summed E-state index contributed by atoms with van der Waals surface area (Å²) >= 11 is 1.36. The number of amides is 1. The van der Waals surface area contributed by atoms with E-state index in [2.05, 4.69) is 27.3 Å². The number of aryl methyl sites for hydroxylation is 1. The van der Waals surface area contributed by atoms with Crippen molar-refractivity contribution in [1.29, 1.82) is 0 Å². The topological polar surface area (TPSA) is 72.9 Å². The monoisotopic (exact) mass is 415 g/mol. The molecular weight excluding hydrogens is 390 g/mol. The summed E-state index contributed by atoms with van der Waals surface area (Å²) < 4.78 is 16.9. The normalized spacial score (nSPS) is 27.7. The first-order valence-corrected chi connectivity index (χ1v) is 10.8. The van der Waals surface area contributed by atoms with Crippen molar-refractivity contribution in [2.45, 2.75) is 31.8 Å².